The molecule has 0 saturated carbocycles. The molecule has 0 bridgehead atoms. The zero-order valence-corrected chi connectivity index (χ0v) is 13.1. The van der Waals surface area contributed by atoms with Crippen molar-refractivity contribution in [3.63, 3.8) is 0 Å². The number of rotatable bonds is 5. The maximum atomic E-state index is 12.0. The number of thioether (sulfide) groups is 1. The number of aromatic nitrogens is 5. The summed E-state index contributed by atoms with van der Waals surface area (Å²) in [4.78, 5) is 12.0. The summed E-state index contributed by atoms with van der Waals surface area (Å²) in [6.07, 6.45) is 3.42. The molecule has 0 aliphatic heterocycles. The number of carbonyl (C=O) groups is 1. The number of H-pyrrole nitrogens is 1. The highest BCUT2D eigenvalue weighted by Gasteiger charge is 2.11. The Balaban J connectivity index is 1.61. The molecule has 0 radical (unpaired) electrons. The Hall–Kier alpha value is -2.35. The van der Waals surface area contributed by atoms with Crippen LogP contribution >= 0.6 is 11.8 Å². The molecule has 0 aliphatic rings. The van der Waals surface area contributed by atoms with Crippen LogP contribution < -0.4 is 5.32 Å². The number of hydrogen-bond acceptors (Lipinski definition) is 5. The summed E-state index contributed by atoms with van der Waals surface area (Å²) in [6.45, 7) is 4.10. The van der Waals surface area contributed by atoms with Gasteiger partial charge in [-0.3, -0.25) is 9.89 Å². The first-order chi connectivity index (χ1) is 10.6. The van der Waals surface area contributed by atoms with Crippen LogP contribution in [0.5, 0.6) is 0 Å². The molecule has 7 nitrogen and oxygen atoms in total. The SMILES string of the molecule is CC(C)n1cnnc1SCC(=O)Nc1ccc2cn[nH]c2c1. The number of hydrogen-bond donors (Lipinski definition) is 2. The molecule has 2 aromatic heterocycles. The highest BCUT2D eigenvalue weighted by molar-refractivity contribution is 7.99. The zero-order chi connectivity index (χ0) is 15.5. The van der Waals surface area contributed by atoms with Crippen LogP contribution in [0.1, 0.15) is 19.9 Å². The van der Waals surface area contributed by atoms with Crippen molar-refractivity contribution in [2.75, 3.05) is 11.1 Å². The van der Waals surface area contributed by atoms with Crippen LogP contribution in [-0.4, -0.2) is 36.6 Å². The molecule has 3 aromatic rings. The highest BCUT2D eigenvalue weighted by Crippen LogP contribution is 2.20. The predicted octanol–water partition coefficient (Wildman–Crippen LogP) is 2.47. The molecule has 0 spiro atoms. The van der Waals surface area contributed by atoms with Gasteiger partial charge in [-0.15, -0.1) is 10.2 Å². The van der Waals surface area contributed by atoms with Gasteiger partial charge >= 0.3 is 0 Å². The Labute approximate surface area is 131 Å². The average Bonchev–Trinajstić information content (AvgIpc) is 3.13. The van der Waals surface area contributed by atoms with E-state index >= 15 is 0 Å². The zero-order valence-electron chi connectivity index (χ0n) is 12.3. The lowest BCUT2D eigenvalue weighted by molar-refractivity contribution is -0.113. The number of amides is 1. The van der Waals surface area contributed by atoms with Crippen molar-refractivity contribution in [2.24, 2.45) is 0 Å². The molecule has 8 heteroatoms. The number of nitrogens with one attached hydrogen (secondary N) is 2. The van der Waals surface area contributed by atoms with Gasteiger partial charge in [0, 0.05) is 17.1 Å². The van der Waals surface area contributed by atoms with Crippen LogP contribution in [0.4, 0.5) is 5.69 Å². The summed E-state index contributed by atoms with van der Waals surface area (Å²) >= 11 is 1.37. The number of fused-ring (bicyclic) bond motifs is 1. The molecular weight excluding hydrogens is 300 g/mol. The lowest BCUT2D eigenvalue weighted by Crippen LogP contribution is -2.14. The minimum Gasteiger partial charge on any atom is -0.325 e. The number of aromatic amines is 1. The van der Waals surface area contributed by atoms with Crippen molar-refractivity contribution in [3.8, 4) is 0 Å². The molecule has 114 valence electrons. The minimum atomic E-state index is -0.0813. The van der Waals surface area contributed by atoms with Crippen LogP contribution in [-0.2, 0) is 4.79 Å². The maximum Gasteiger partial charge on any atom is 0.234 e. The lowest BCUT2D eigenvalue weighted by Gasteiger charge is -2.09. The van der Waals surface area contributed by atoms with Crippen molar-refractivity contribution >= 4 is 34.3 Å². The van der Waals surface area contributed by atoms with Gasteiger partial charge < -0.3 is 9.88 Å². The first kappa shape index (κ1) is 14.6. The fourth-order valence-corrected chi connectivity index (χ4v) is 2.88. The van der Waals surface area contributed by atoms with Gasteiger partial charge in [0.25, 0.3) is 0 Å². The molecule has 0 atom stereocenters. The predicted molar refractivity (Wildman–Crippen MR) is 85.9 cm³/mol. The van der Waals surface area contributed by atoms with Crippen LogP contribution in [0.2, 0.25) is 0 Å². The quantitative estimate of drug-likeness (QED) is 0.706. The Morgan fingerprint density at radius 1 is 1.45 bits per heavy atom. The second kappa shape index (κ2) is 6.18. The van der Waals surface area contributed by atoms with Gasteiger partial charge in [-0.05, 0) is 32.0 Å². The topological polar surface area (TPSA) is 88.5 Å². The minimum absolute atomic E-state index is 0.0813. The van der Waals surface area contributed by atoms with E-state index in [2.05, 4.69) is 25.7 Å². The molecule has 0 unspecified atom stereocenters. The number of carbonyl (C=O) groups excluding carboxylic acids is 1. The van der Waals surface area contributed by atoms with Crippen LogP contribution in [0.25, 0.3) is 10.9 Å². The Bertz CT molecular complexity index is 793. The summed E-state index contributed by atoms with van der Waals surface area (Å²) in [5, 5.41) is 19.4. The summed E-state index contributed by atoms with van der Waals surface area (Å²) in [5.41, 5.74) is 1.64. The van der Waals surface area contributed by atoms with Crippen molar-refractivity contribution in [2.45, 2.75) is 25.0 Å². The van der Waals surface area contributed by atoms with E-state index in [1.807, 2.05) is 36.6 Å². The Morgan fingerprint density at radius 3 is 3.14 bits per heavy atom. The fourth-order valence-electron chi connectivity index (χ4n) is 2.03. The van der Waals surface area contributed by atoms with Crippen molar-refractivity contribution in [3.05, 3.63) is 30.7 Å². The molecule has 0 fully saturated rings. The van der Waals surface area contributed by atoms with Crippen LogP contribution in [0.15, 0.2) is 35.9 Å². The van der Waals surface area contributed by atoms with Crippen molar-refractivity contribution < 1.29 is 4.79 Å². The van der Waals surface area contributed by atoms with E-state index in [1.54, 1.807) is 12.5 Å². The lowest BCUT2D eigenvalue weighted by atomic mass is 10.2. The molecule has 1 amide bonds. The third kappa shape index (κ3) is 3.11. The summed E-state index contributed by atoms with van der Waals surface area (Å²) in [5.74, 6) is 0.203. The molecule has 0 aliphatic carbocycles. The molecule has 2 N–H and O–H groups in total. The van der Waals surface area contributed by atoms with Crippen LogP contribution in [0, 0.1) is 0 Å². The monoisotopic (exact) mass is 316 g/mol. The number of benzene rings is 1. The standard InChI is InChI=1S/C14H16N6OS/c1-9(2)20-8-16-19-14(20)22-7-13(21)17-11-4-3-10-6-15-18-12(10)5-11/h3-6,8-9H,7H2,1-2H3,(H,15,18)(H,17,21). The van der Waals surface area contributed by atoms with Gasteiger partial charge in [0.05, 0.1) is 17.5 Å². The van der Waals surface area contributed by atoms with Gasteiger partial charge in [0.2, 0.25) is 5.91 Å². The van der Waals surface area contributed by atoms with Crippen molar-refractivity contribution in [1.82, 2.24) is 25.0 Å². The smallest absolute Gasteiger partial charge is 0.234 e. The van der Waals surface area contributed by atoms with Gasteiger partial charge in [-0.2, -0.15) is 5.10 Å². The number of anilines is 1. The maximum absolute atomic E-state index is 12.0. The van der Waals surface area contributed by atoms with E-state index in [9.17, 15) is 4.79 Å². The van der Waals surface area contributed by atoms with E-state index in [-0.39, 0.29) is 17.7 Å². The molecular formula is C14H16N6OS. The summed E-state index contributed by atoms with van der Waals surface area (Å²) in [7, 11) is 0. The van der Waals surface area contributed by atoms with Crippen LogP contribution in [0.3, 0.4) is 0 Å². The Morgan fingerprint density at radius 2 is 2.32 bits per heavy atom. The van der Waals surface area contributed by atoms with Gasteiger partial charge in [0.15, 0.2) is 5.16 Å². The highest BCUT2D eigenvalue weighted by atomic mass is 32.2. The normalized spacial score (nSPS) is 11.2. The third-order valence-corrected chi connectivity index (χ3v) is 4.11. The molecule has 22 heavy (non-hydrogen) atoms. The number of nitrogens with zero attached hydrogens (tertiary/aromatic N) is 4. The van der Waals surface area contributed by atoms with E-state index in [0.29, 0.717) is 0 Å². The van der Waals surface area contributed by atoms with Gasteiger partial charge in [0.1, 0.15) is 6.33 Å². The summed E-state index contributed by atoms with van der Waals surface area (Å²) in [6, 6.07) is 5.90. The molecule has 1 aromatic carbocycles. The molecule has 0 saturated heterocycles. The third-order valence-electron chi connectivity index (χ3n) is 3.15. The first-order valence-corrected chi connectivity index (χ1v) is 7.87. The Kier molecular flexibility index (Phi) is 4.10. The van der Waals surface area contributed by atoms with Crippen molar-refractivity contribution in [1.29, 1.82) is 0 Å². The van der Waals surface area contributed by atoms with E-state index in [1.165, 1.54) is 11.8 Å². The first-order valence-electron chi connectivity index (χ1n) is 6.89. The van der Waals surface area contributed by atoms with E-state index < -0.39 is 0 Å². The van der Waals surface area contributed by atoms with Gasteiger partial charge in [-0.25, -0.2) is 0 Å². The average molecular weight is 316 g/mol. The fraction of sp³-hybridized carbons (Fsp3) is 0.286. The van der Waals surface area contributed by atoms with E-state index in [4.69, 9.17) is 0 Å². The molecule has 2 heterocycles. The van der Waals surface area contributed by atoms with Gasteiger partial charge in [-0.1, -0.05) is 11.8 Å². The second-order valence-electron chi connectivity index (χ2n) is 5.12. The molecule has 3 rings (SSSR count). The summed E-state index contributed by atoms with van der Waals surface area (Å²) < 4.78 is 1.94. The van der Waals surface area contributed by atoms with E-state index in [0.717, 1.165) is 21.7 Å². The second-order valence-corrected chi connectivity index (χ2v) is 6.07. The largest absolute Gasteiger partial charge is 0.325 e.